The number of carbonyl (C=O) groups is 2. The Bertz CT molecular complexity index is 1140. The molecule has 2 aromatic rings. The summed E-state index contributed by atoms with van der Waals surface area (Å²) < 4.78 is 80.4. The number of amides is 2. The zero-order chi connectivity index (χ0) is 25.6. The van der Waals surface area contributed by atoms with Crippen molar-refractivity contribution in [3.8, 4) is 5.75 Å². The molecule has 2 heterocycles. The lowest BCUT2D eigenvalue weighted by Crippen LogP contribution is -2.47. The largest absolute Gasteiger partial charge is 0.493 e. The molecule has 12 heteroatoms. The quantitative estimate of drug-likeness (QED) is 0.624. The fourth-order valence-electron chi connectivity index (χ4n) is 4.04. The smallest absolute Gasteiger partial charge is 0.417 e. The molecule has 184 valence electrons. The fourth-order valence-corrected chi connectivity index (χ4v) is 4.04. The van der Waals surface area contributed by atoms with Gasteiger partial charge in [-0.2, -0.15) is 17.6 Å². The van der Waals surface area contributed by atoms with Crippen LogP contribution in [0.1, 0.15) is 41.4 Å². The van der Waals surface area contributed by atoms with Gasteiger partial charge in [-0.1, -0.05) is 13.0 Å². The molecular weight excluding hydrogens is 465 g/mol. The Labute approximate surface area is 191 Å². The summed E-state index contributed by atoms with van der Waals surface area (Å²) >= 11 is 0. The number of methoxy groups -OCH3 is 1. The molecule has 0 spiro atoms. The monoisotopic (exact) mass is 487 g/mol. The number of alkyl halides is 3. The Morgan fingerprint density at radius 1 is 1.26 bits per heavy atom. The van der Waals surface area contributed by atoms with E-state index in [4.69, 9.17) is 15.2 Å². The summed E-state index contributed by atoms with van der Waals surface area (Å²) in [4.78, 5) is 28.4. The minimum atomic E-state index is -4.89. The van der Waals surface area contributed by atoms with Crippen LogP contribution in [0, 0.1) is 24.5 Å². The zero-order valence-corrected chi connectivity index (χ0v) is 18.6. The van der Waals surface area contributed by atoms with Gasteiger partial charge >= 0.3 is 6.18 Å². The molecule has 0 unspecified atom stereocenters. The number of halogens is 5. The number of hydrogen-bond acceptors (Lipinski definition) is 5. The first-order chi connectivity index (χ1) is 15.7. The van der Waals surface area contributed by atoms with Gasteiger partial charge in [0.1, 0.15) is 11.8 Å². The van der Waals surface area contributed by atoms with Crippen molar-refractivity contribution in [1.82, 2.24) is 4.98 Å². The minimum absolute atomic E-state index is 0.0710. The molecule has 0 bridgehead atoms. The van der Waals surface area contributed by atoms with Crippen LogP contribution < -0.4 is 15.8 Å². The second-order valence-corrected chi connectivity index (χ2v) is 8.18. The molecule has 3 rings (SSSR count). The van der Waals surface area contributed by atoms with Crippen LogP contribution in [0.25, 0.3) is 0 Å². The molecule has 0 aliphatic carbocycles. The highest BCUT2D eigenvalue weighted by Crippen LogP contribution is 2.55. The lowest BCUT2D eigenvalue weighted by Gasteiger charge is -2.32. The molecule has 7 nitrogen and oxygen atoms in total. The van der Waals surface area contributed by atoms with Crippen LogP contribution in [0.4, 0.5) is 27.6 Å². The van der Waals surface area contributed by atoms with Gasteiger partial charge in [0.15, 0.2) is 17.2 Å². The minimum Gasteiger partial charge on any atom is -0.493 e. The molecule has 2 amide bonds. The van der Waals surface area contributed by atoms with Gasteiger partial charge in [-0.05, 0) is 31.5 Å². The highest BCUT2D eigenvalue weighted by atomic mass is 19.4. The molecule has 1 saturated heterocycles. The highest BCUT2D eigenvalue weighted by Gasteiger charge is 2.65. The first-order valence-corrected chi connectivity index (χ1v) is 10.1. The molecule has 1 aromatic carbocycles. The molecule has 1 fully saturated rings. The third-order valence-electron chi connectivity index (χ3n) is 6.18. The number of rotatable bonds is 5. The van der Waals surface area contributed by atoms with Crippen molar-refractivity contribution in [2.24, 2.45) is 11.7 Å². The topological polar surface area (TPSA) is 104 Å². The van der Waals surface area contributed by atoms with Gasteiger partial charge in [0.05, 0.1) is 7.11 Å². The average Bonchev–Trinajstić information content (AvgIpc) is 3.03. The average molecular weight is 487 g/mol. The van der Waals surface area contributed by atoms with E-state index in [1.165, 1.54) is 19.2 Å². The molecule has 1 aromatic heterocycles. The molecule has 0 radical (unpaired) electrons. The van der Waals surface area contributed by atoms with E-state index in [1.807, 2.05) is 0 Å². The van der Waals surface area contributed by atoms with E-state index in [0.717, 1.165) is 26.2 Å². The van der Waals surface area contributed by atoms with Gasteiger partial charge in [0.2, 0.25) is 5.82 Å². The number of nitrogens with zero attached hydrogens (tertiary/aromatic N) is 1. The number of primary amides is 1. The van der Waals surface area contributed by atoms with E-state index in [9.17, 15) is 31.5 Å². The standard InChI is InChI=1S/C22H22F5N3O4/c1-9-8-29-14(19(28)31)7-13(9)30-20(32)18-15(10(2)21(3,34-18)22(25,26)27)11-5-6-12(23)16(24)17(11)33-4/h5-8,10,15,18H,1-4H3,(H2,28,31)(H,29,30,32)/t10-,15+,18-,21+/m1/s1. The number of aryl methyl sites for hydroxylation is 1. The van der Waals surface area contributed by atoms with E-state index < -0.39 is 58.9 Å². The summed E-state index contributed by atoms with van der Waals surface area (Å²) in [6, 6.07) is 2.97. The third kappa shape index (κ3) is 4.17. The van der Waals surface area contributed by atoms with E-state index in [0.29, 0.717) is 5.56 Å². The van der Waals surface area contributed by atoms with Gasteiger partial charge in [-0.15, -0.1) is 0 Å². The van der Waals surface area contributed by atoms with Gasteiger partial charge < -0.3 is 20.5 Å². The maximum Gasteiger partial charge on any atom is 0.417 e. The maximum atomic E-state index is 14.4. The number of nitrogens with one attached hydrogen (secondary N) is 1. The van der Waals surface area contributed by atoms with Gasteiger partial charge in [-0.3, -0.25) is 14.6 Å². The molecule has 1 aliphatic rings. The number of benzene rings is 1. The second kappa shape index (κ2) is 8.82. The fraction of sp³-hybridized carbons (Fsp3) is 0.409. The summed E-state index contributed by atoms with van der Waals surface area (Å²) in [7, 11) is 1.03. The normalized spacial score (nSPS) is 24.7. The maximum absolute atomic E-state index is 14.4. The van der Waals surface area contributed by atoms with Crippen LogP contribution in [-0.4, -0.2) is 41.8 Å². The van der Waals surface area contributed by atoms with Crippen LogP contribution in [-0.2, 0) is 9.53 Å². The molecule has 34 heavy (non-hydrogen) atoms. The number of carbonyl (C=O) groups excluding carboxylic acids is 2. The molecule has 4 atom stereocenters. The lowest BCUT2D eigenvalue weighted by molar-refractivity contribution is -0.272. The summed E-state index contributed by atoms with van der Waals surface area (Å²) in [5.41, 5.74) is 2.53. The predicted octanol–water partition coefficient (Wildman–Crippen LogP) is 3.85. The summed E-state index contributed by atoms with van der Waals surface area (Å²) in [6.45, 7) is 3.53. The number of ether oxygens (including phenoxy) is 2. The van der Waals surface area contributed by atoms with Crippen LogP contribution in [0.3, 0.4) is 0 Å². The summed E-state index contributed by atoms with van der Waals surface area (Å²) in [5, 5.41) is 2.43. The van der Waals surface area contributed by atoms with Crippen molar-refractivity contribution in [3.05, 3.63) is 52.9 Å². The first kappa shape index (κ1) is 25.3. The Morgan fingerprint density at radius 3 is 2.47 bits per heavy atom. The number of pyridine rings is 1. The lowest BCUT2D eigenvalue weighted by atomic mass is 9.77. The Kier molecular flexibility index (Phi) is 6.57. The van der Waals surface area contributed by atoms with Gasteiger partial charge in [-0.25, -0.2) is 4.39 Å². The number of anilines is 1. The molecule has 0 saturated carbocycles. The first-order valence-electron chi connectivity index (χ1n) is 10.1. The predicted molar refractivity (Wildman–Crippen MR) is 110 cm³/mol. The Morgan fingerprint density at radius 2 is 1.91 bits per heavy atom. The van der Waals surface area contributed by atoms with Crippen molar-refractivity contribution in [1.29, 1.82) is 0 Å². The third-order valence-corrected chi connectivity index (χ3v) is 6.18. The van der Waals surface area contributed by atoms with Gasteiger partial charge in [0, 0.05) is 29.3 Å². The van der Waals surface area contributed by atoms with Crippen LogP contribution >= 0.6 is 0 Å². The molecular formula is C22H22F5N3O4. The highest BCUT2D eigenvalue weighted by molar-refractivity contribution is 5.98. The van der Waals surface area contributed by atoms with E-state index in [2.05, 4.69) is 10.3 Å². The summed E-state index contributed by atoms with van der Waals surface area (Å²) in [5.74, 6) is -7.94. The van der Waals surface area contributed by atoms with E-state index >= 15 is 0 Å². The molecule has 3 N–H and O–H groups in total. The number of nitrogens with two attached hydrogens (primary N) is 1. The van der Waals surface area contributed by atoms with Crippen LogP contribution in [0.15, 0.2) is 24.4 Å². The second-order valence-electron chi connectivity index (χ2n) is 8.18. The number of hydrogen-bond donors (Lipinski definition) is 2. The van der Waals surface area contributed by atoms with Crippen molar-refractivity contribution in [2.75, 3.05) is 12.4 Å². The SMILES string of the molecule is COc1c([C@@H]2[C@@H](C)[C@@](C)(C(F)(F)F)O[C@H]2C(=O)Nc2cc(C(N)=O)ncc2C)ccc(F)c1F. The summed E-state index contributed by atoms with van der Waals surface area (Å²) in [6.07, 6.45) is -5.41. The van der Waals surface area contributed by atoms with E-state index in [-0.39, 0.29) is 16.9 Å². The van der Waals surface area contributed by atoms with E-state index in [1.54, 1.807) is 6.92 Å². The van der Waals surface area contributed by atoms with Crippen LogP contribution in [0.2, 0.25) is 0 Å². The van der Waals surface area contributed by atoms with Crippen molar-refractivity contribution in [2.45, 2.75) is 44.6 Å². The van der Waals surface area contributed by atoms with Crippen molar-refractivity contribution < 1.29 is 41.0 Å². The zero-order valence-electron chi connectivity index (χ0n) is 18.6. The van der Waals surface area contributed by atoms with Crippen molar-refractivity contribution in [3.63, 3.8) is 0 Å². The van der Waals surface area contributed by atoms with Gasteiger partial charge in [0.25, 0.3) is 11.8 Å². The Hall–Kier alpha value is -3.28. The van der Waals surface area contributed by atoms with Crippen molar-refractivity contribution >= 4 is 17.5 Å². The Balaban J connectivity index is 2.10. The van der Waals surface area contributed by atoms with Crippen LogP contribution in [0.5, 0.6) is 5.75 Å². The number of aromatic nitrogens is 1. The molecule has 1 aliphatic heterocycles.